The van der Waals surface area contributed by atoms with Crippen LogP contribution in [0.5, 0.6) is 0 Å². The topological polar surface area (TPSA) is 80.9 Å². The predicted octanol–water partition coefficient (Wildman–Crippen LogP) is 5.25. The molecule has 0 aromatic carbocycles. The lowest BCUT2D eigenvalue weighted by atomic mass is 9.34. The minimum atomic E-state index is -0.517. The first kappa shape index (κ1) is 26.4. The SMILES string of the molecule is C=C(C)[C@H](O)C/C=C(\C)C1CC[C@]2(C)C1[C@H](O)CC1[C@@]3(C)CC[C@H](O)C(C)(C)C3[C@@H](O)C[C@]12C. The summed E-state index contributed by atoms with van der Waals surface area (Å²) in [5.74, 6) is 0.838. The molecule has 0 radical (unpaired) electrons. The Balaban J connectivity index is 1.69. The maximum atomic E-state index is 11.7. The Morgan fingerprint density at radius 1 is 0.971 bits per heavy atom. The van der Waals surface area contributed by atoms with Crippen LogP contribution in [0.4, 0.5) is 0 Å². The lowest BCUT2D eigenvalue weighted by Gasteiger charge is -2.71. The van der Waals surface area contributed by atoms with E-state index in [4.69, 9.17) is 0 Å². The molecule has 4 fully saturated rings. The first-order chi connectivity index (χ1) is 15.6. The van der Waals surface area contributed by atoms with Crippen LogP contribution in [-0.4, -0.2) is 44.8 Å². The molecule has 4 nitrogen and oxygen atoms in total. The molecule has 11 atom stereocenters. The summed E-state index contributed by atoms with van der Waals surface area (Å²) in [6.45, 7) is 19.3. The Bertz CT molecular complexity index is 847. The minimum Gasteiger partial charge on any atom is -0.393 e. The third kappa shape index (κ3) is 3.53. The number of allylic oxidation sites excluding steroid dienone is 1. The quantitative estimate of drug-likeness (QED) is 0.420. The minimum absolute atomic E-state index is 0.0386. The number of hydrogen-bond donors (Lipinski definition) is 4. The molecule has 4 N–H and O–H groups in total. The Hall–Kier alpha value is -0.680. The van der Waals surface area contributed by atoms with Crippen molar-refractivity contribution in [2.45, 2.75) is 118 Å². The second-order valence-electron chi connectivity index (χ2n) is 14.0. The van der Waals surface area contributed by atoms with Gasteiger partial charge in [-0.05, 0) is 104 Å². The Morgan fingerprint density at radius 2 is 1.62 bits per heavy atom. The normalized spacial score (nSPS) is 51.3. The second kappa shape index (κ2) is 8.43. The number of aliphatic hydroxyl groups excluding tert-OH is 4. The largest absolute Gasteiger partial charge is 0.393 e. The maximum Gasteiger partial charge on any atom is 0.0779 e. The monoisotopic (exact) mass is 474 g/mol. The van der Waals surface area contributed by atoms with Crippen LogP contribution in [0.25, 0.3) is 0 Å². The van der Waals surface area contributed by atoms with E-state index in [1.54, 1.807) is 0 Å². The zero-order chi connectivity index (χ0) is 25.4. The number of hydrogen-bond acceptors (Lipinski definition) is 4. The summed E-state index contributed by atoms with van der Waals surface area (Å²) in [4.78, 5) is 0. The molecule has 0 spiro atoms. The van der Waals surface area contributed by atoms with Crippen LogP contribution in [0.1, 0.15) is 93.4 Å². The van der Waals surface area contributed by atoms with Gasteiger partial charge in [0.25, 0.3) is 0 Å². The van der Waals surface area contributed by atoms with Gasteiger partial charge in [0.2, 0.25) is 0 Å². The third-order valence-corrected chi connectivity index (χ3v) is 12.1. The van der Waals surface area contributed by atoms with Gasteiger partial charge in [0.15, 0.2) is 0 Å². The van der Waals surface area contributed by atoms with Gasteiger partial charge >= 0.3 is 0 Å². The molecule has 0 aromatic rings. The van der Waals surface area contributed by atoms with Crippen LogP contribution < -0.4 is 0 Å². The van der Waals surface area contributed by atoms with E-state index in [9.17, 15) is 20.4 Å². The summed E-state index contributed by atoms with van der Waals surface area (Å²) in [5.41, 5.74) is 1.51. The summed E-state index contributed by atoms with van der Waals surface area (Å²) in [7, 11) is 0. The lowest BCUT2D eigenvalue weighted by Crippen LogP contribution is -2.69. The highest BCUT2D eigenvalue weighted by atomic mass is 16.3. The molecule has 4 aliphatic rings. The molecular weight excluding hydrogens is 424 g/mol. The molecule has 0 saturated heterocycles. The molecule has 4 rings (SSSR count). The zero-order valence-electron chi connectivity index (χ0n) is 22.6. The Kier molecular flexibility index (Phi) is 6.54. The molecule has 0 heterocycles. The molecule has 0 aromatic heterocycles. The van der Waals surface area contributed by atoms with Gasteiger partial charge in [0.05, 0.1) is 24.4 Å². The van der Waals surface area contributed by atoms with Crippen LogP contribution >= 0.6 is 0 Å². The highest BCUT2D eigenvalue weighted by molar-refractivity contribution is 5.24. The van der Waals surface area contributed by atoms with E-state index < -0.39 is 12.2 Å². The van der Waals surface area contributed by atoms with Gasteiger partial charge < -0.3 is 20.4 Å². The smallest absolute Gasteiger partial charge is 0.0779 e. The molecule has 0 bridgehead atoms. The van der Waals surface area contributed by atoms with Crippen molar-refractivity contribution in [1.29, 1.82) is 0 Å². The van der Waals surface area contributed by atoms with Gasteiger partial charge in [0.1, 0.15) is 0 Å². The first-order valence-electron chi connectivity index (χ1n) is 13.7. The van der Waals surface area contributed by atoms with Crippen LogP contribution in [0, 0.1) is 45.3 Å². The van der Waals surface area contributed by atoms with E-state index in [0.717, 1.165) is 44.1 Å². The van der Waals surface area contributed by atoms with Crippen molar-refractivity contribution in [1.82, 2.24) is 0 Å². The van der Waals surface area contributed by atoms with Crippen molar-refractivity contribution in [3.05, 3.63) is 23.8 Å². The van der Waals surface area contributed by atoms with Gasteiger partial charge in [-0.3, -0.25) is 0 Å². The molecule has 0 amide bonds. The third-order valence-electron chi connectivity index (χ3n) is 12.1. The van der Waals surface area contributed by atoms with Crippen LogP contribution in [-0.2, 0) is 0 Å². The van der Waals surface area contributed by atoms with Crippen LogP contribution in [0.2, 0.25) is 0 Å². The number of rotatable bonds is 4. The van der Waals surface area contributed by atoms with Crippen molar-refractivity contribution < 1.29 is 20.4 Å². The summed E-state index contributed by atoms with van der Waals surface area (Å²) in [5, 5.41) is 44.5. The number of fused-ring (bicyclic) bond motifs is 5. The van der Waals surface area contributed by atoms with Gasteiger partial charge in [-0.2, -0.15) is 0 Å². The van der Waals surface area contributed by atoms with Gasteiger partial charge in [-0.1, -0.05) is 58.4 Å². The average Bonchev–Trinajstić information content (AvgIpc) is 3.10. The van der Waals surface area contributed by atoms with E-state index >= 15 is 0 Å². The highest BCUT2D eigenvalue weighted by Crippen LogP contribution is 2.75. The molecular formula is C30H50O4. The molecule has 4 aliphatic carbocycles. The van der Waals surface area contributed by atoms with Crippen molar-refractivity contribution in [2.75, 3.05) is 0 Å². The second-order valence-corrected chi connectivity index (χ2v) is 14.0. The van der Waals surface area contributed by atoms with Crippen molar-refractivity contribution in [3.8, 4) is 0 Å². The fourth-order valence-corrected chi connectivity index (χ4v) is 10.1. The summed E-state index contributed by atoms with van der Waals surface area (Å²) in [6, 6.07) is 0. The van der Waals surface area contributed by atoms with E-state index in [-0.39, 0.29) is 45.7 Å². The van der Waals surface area contributed by atoms with Crippen LogP contribution in [0.15, 0.2) is 23.8 Å². The predicted molar refractivity (Wildman–Crippen MR) is 137 cm³/mol. The fraction of sp³-hybridized carbons (Fsp3) is 0.867. The Labute approximate surface area is 207 Å². The average molecular weight is 475 g/mol. The number of aliphatic hydroxyl groups is 4. The Morgan fingerprint density at radius 3 is 2.24 bits per heavy atom. The van der Waals surface area contributed by atoms with Gasteiger partial charge in [-0.15, -0.1) is 0 Å². The van der Waals surface area contributed by atoms with Gasteiger partial charge in [-0.25, -0.2) is 0 Å². The molecule has 194 valence electrons. The zero-order valence-corrected chi connectivity index (χ0v) is 22.6. The van der Waals surface area contributed by atoms with Crippen molar-refractivity contribution >= 4 is 0 Å². The summed E-state index contributed by atoms with van der Waals surface area (Å²) < 4.78 is 0. The van der Waals surface area contributed by atoms with E-state index in [1.165, 1.54) is 5.57 Å². The molecule has 0 aliphatic heterocycles. The maximum absolute atomic E-state index is 11.7. The van der Waals surface area contributed by atoms with Crippen molar-refractivity contribution in [3.63, 3.8) is 0 Å². The highest BCUT2D eigenvalue weighted by Gasteiger charge is 2.72. The first-order valence-corrected chi connectivity index (χ1v) is 13.7. The summed E-state index contributed by atoms with van der Waals surface area (Å²) >= 11 is 0. The van der Waals surface area contributed by atoms with E-state index in [1.807, 2.05) is 6.92 Å². The molecule has 4 saturated carbocycles. The van der Waals surface area contributed by atoms with Crippen molar-refractivity contribution in [2.24, 2.45) is 45.3 Å². The van der Waals surface area contributed by atoms with E-state index in [0.29, 0.717) is 18.3 Å². The molecule has 4 heteroatoms. The molecule has 4 unspecified atom stereocenters. The van der Waals surface area contributed by atoms with Crippen LogP contribution in [0.3, 0.4) is 0 Å². The standard InChI is InChI=1S/C30H50O4/c1-17(2)20(31)10-9-18(3)19-11-14-29(7)25(19)21(32)15-23-28(6)13-12-24(34)27(4,5)26(28)22(33)16-30(23,29)8/h9,19-26,31-34H,1,10-16H2,2-8H3/b18-9+/t19?,20-,21-,22+,23?,24+,25?,26?,28-,29-,30-/m1/s1. The van der Waals surface area contributed by atoms with Gasteiger partial charge in [0, 0.05) is 0 Å². The lowest BCUT2D eigenvalue weighted by molar-refractivity contribution is -0.270. The molecule has 34 heavy (non-hydrogen) atoms. The fourth-order valence-electron chi connectivity index (χ4n) is 10.1. The van der Waals surface area contributed by atoms with E-state index in [2.05, 4.69) is 54.2 Å². The summed E-state index contributed by atoms with van der Waals surface area (Å²) in [6.07, 6.45) is 6.33.